The van der Waals surface area contributed by atoms with Crippen LogP contribution in [0.1, 0.15) is 40.8 Å². The van der Waals surface area contributed by atoms with Crippen LogP contribution in [-0.4, -0.2) is 90.3 Å². The number of hydrogen-bond acceptors (Lipinski definition) is 10. The second-order valence-corrected chi connectivity index (χ2v) is 9.61. The zero-order valence-corrected chi connectivity index (χ0v) is 20.6. The fraction of sp³-hybridized carbons (Fsp3) is 0.417. The predicted octanol–water partition coefficient (Wildman–Crippen LogP) is -0.781. The van der Waals surface area contributed by atoms with Gasteiger partial charge in [0.05, 0.1) is 17.5 Å². The lowest BCUT2D eigenvalue weighted by Gasteiger charge is -2.18. The number of benzene rings is 1. The third kappa shape index (κ3) is 4.53. The number of aliphatic hydroxyl groups excluding tert-OH is 2. The lowest BCUT2D eigenvalue weighted by Crippen LogP contribution is -2.44. The molecular formula is C24H27N7O7. The highest BCUT2D eigenvalue weighted by Gasteiger charge is 2.44. The molecule has 4 heterocycles. The van der Waals surface area contributed by atoms with Crippen LogP contribution in [0.4, 0.5) is 5.95 Å². The average Bonchev–Trinajstić information content (AvgIpc) is 3.51. The molecule has 1 saturated heterocycles. The molecule has 1 fully saturated rings. The molecule has 0 saturated carbocycles. The summed E-state index contributed by atoms with van der Waals surface area (Å²) in [6, 6.07) is 6.30. The number of aliphatic hydroxyl groups is 2. The molecule has 0 aliphatic carbocycles. The van der Waals surface area contributed by atoms with E-state index in [4.69, 9.17) is 4.74 Å². The van der Waals surface area contributed by atoms with Gasteiger partial charge in [0.1, 0.15) is 24.9 Å². The summed E-state index contributed by atoms with van der Waals surface area (Å²) in [4.78, 5) is 61.9. The van der Waals surface area contributed by atoms with Crippen LogP contribution in [0.25, 0.3) is 11.2 Å². The summed E-state index contributed by atoms with van der Waals surface area (Å²) >= 11 is 0. The molecule has 38 heavy (non-hydrogen) atoms. The van der Waals surface area contributed by atoms with Crippen LogP contribution in [0.15, 0.2) is 35.4 Å². The Morgan fingerprint density at radius 1 is 1.13 bits per heavy atom. The minimum absolute atomic E-state index is 0.0306. The van der Waals surface area contributed by atoms with Gasteiger partial charge < -0.3 is 25.6 Å². The second kappa shape index (κ2) is 9.96. The average molecular weight is 526 g/mol. The summed E-state index contributed by atoms with van der Waals surface area (Å²) in [6.07, 6.45) is -3.70. The van der Waals surface area contributed by atoms with Gasteiger partial charge in [0.2, 0.25) is 11.9 Å². The fourth-order valence-corrected chi connectivity index (χ4v) is 4.42. The maximum absolute atomic E-state index is 12.5. The van der Waals surface area contributed by atoms with Gasteiger partial charge in [-0.1, -0.05) is 26.0 Å². The number of ether oxygens (including phenoxy) is 1. The highest BCUT2D eigenvalue weighted by atomic mass is 16.6. The van der Waals surface area contributed by atoms with Crippen LogP contribution in [0.5, 0.6) is 0 Å². The minimum Gasteiger partial charge on any atom is -0.387 e. The number of H-pyrrole nitrogens is 1. The molecule has 3 aromatic rings. The number of hydrogen-bond donors (Lipinski definition) is 5. The Bertz CT molecular complexity index is 1430. The maximum atomic E-state index is 12.5. The zero-order chi connectivity index (χ0) is 27.1. The molecule has 200 valence electrons. The van der Waals surface area contributed by atoms with Crippen molar-refractivity contribution in [3.63, 3.8) is 0 Å². The van der Waals surface area contributed by atoms with E-state index < -0.39 is 54.4 Å². The van der Waals surface area contributed by atoms with Gasteiger partial charge in [-0.25, -0.2) is 4.98 Å². The fourth-order valence-electron chi connectivity index (χ4n) is 4.42. The van der Waals surface area contributed by atoms with E-state index in [2.05, 4.69) is 25.6 Å². The van der Waals surface area contributed by atoms with Gasteiger partial charge in [-0.3, -0.25) is 33.6 Å². The molecule has 4 atom stereocenters. The van der Waals surface area contributed by atoms with Crippen molar-refractivity contribution in [1.82, 2.24) is 29.7 Å². The van der Waals surface area contributed by atoms with E-state index in [1.807, 2.05) is 13.8 Å². The zero-order valence-electron chi connectivity index (χ0n) is 20.6. The number of fused-ring (bicyclic) bond motifs is 2. The largest absolute Gasteiger partial charge is 0.387 e. The van der Waals surface area contributed by atoms with E-state index in [0.717, 1.165) is 4.90 Å². The van der Waals surface area contributed by atoms with E-state index in [1.165, 1.54) is 23.0 Å². The van der Waals surface area contributed by atoms with Gasteiger partial charge in [-0.15, -0.1) is 0 Å². The number of carbonyl (C=O) groups is 3. The first-order chi connectivity index (χ1) is 18.2. The van der Waals surface area contributed by atoms with Gasteiger partial charge in [0.15, 0.2) is 17.4 Å². The first-order valence-corrected chi connectivity index (χ1v) is 12.1. The number of amides is 3. The van der Waals surface area contributed by atoms with Crippen LogP contribution in [0, 0.1) is 5.92 Å². The van der Waals surface area contributed by atoms with Crippen LogP contribution in [0.2, 0.25) is 0 Å². The summed E-state index contributed by atoms with van der Waals surface area (Å²) in [7, 11) is 0. The molecule has 14 nitrogen and oxygen atoms in total. The summed E-state index contributed by atoms with van der Waals surface area (Å²) in [5.74, 6) is -1.25. The van der Waals surface area contributed by atoms with E-state index in [9.17, 15) is 29.4 Å². The lowest BCUT2D eigenvalue weighted by atomic mass is 10.1. The number of rotatable bonds is 8. The SMILES string of the molecule is CC(C)CNc1nc2c(ncn2[C@@H]2O[C@H](CNC(=O)CN3C(=O)c4ccccc4C3=O)C(O)[C@@H]2O)c(=O)[nH]1. The monoisotopic (exact) mass is 525 g/mol. The Morgan fingerprint density at radius 3 is 2.47 bits per heavy atom. The summed E-state index contributed by atoms with van der Waals surface area (Å²) in [6.45, 7) is 3.84. The topological polar surface area (TPSA) is 192 Å². The molecule has 1 unspecified atom stereocenters. The molecule has 2 aliphatic heterocycles. The van der Waals surface area contributed by atoms with E-state index >= 15 is 0 Å². The molecule has 0 radical (unpaired) electrons. The Balaban J connectivity index is 1.25. The van der Waals surface area contributed by atoms with Gasteiger partial charge in [0.25, 0.3) is 17.4 Å². The lowest BCUT2D eigenvalue weighted by molar-refractivity contribution is -0.122. The predicted molar refractivity (Wildman–Crippen MR) is 132 cm³/mol. The van der Waals surface area contributed by atoms with Crippen LogP contribution < -0.4 is 16.2 Å². The molecule has 0 spiro atoms. The highest BCUT2D eigenvalue weighted by molar-refractivity contribution is 6.22. The van der Waals surface area contributed by atoms with Crippen molar-refractivity contribution in [2.24, 2.45) is 5.92 Å². The van der Waals surface area contributed by atoms with E-state index in [-0.39, 0.29) is 34.8 Å². The molecule has 14 heteroatoms. The molecule has 2 aliphatic rings. The van der Waals surface area contributed by atoms with Crippen molar-refractivity contribution in [3.8, 4) is 0 Å². The molecule has 5 N–H and O–H groups in total. The Labute approximate surface area is 215 Å². The van der Waals surface area contributed by atoms with Crippen molar-refractivity contribution in [2.45, 2.75) is 38.4 Å². The standard InChI is InChI=1S/C24H27N7O7/c1-11(2)7-26-24-28-19-16(20(35)29-24)27-10-31(19)23-18(34)17(33)14(38-23)8-25-15(32)9-30-21(36)12-5-3-4-6-13(12)22(30)37/h3-6,10-11,14,17-18,23,33-34H,7-9H2,1-2H3,(H,25,32)(H2,26,28,29,35)/t14-,17?,18+,23-/m1/s1. The summed E-state index contributed by atoms with van der Waals surface area (Å²) in [5.41, 5.74) is 0.154. The van der Waals surface area contributed by atoms with Gasteiger partial charge in [-0.05, 0) is 18.1 Å². The maximum Gasteiger partial charge on any atom is 0.280 e. The van der Waals surface area contributed by atoms with Crippen molar-refractivity contribution < 1.29 is 29.3 Å². The Morgan fingerprint density at radius 2 is 1.82 bits per heavy atom. The number of imide groups is 1. The number of aromatic amines is 1. The number of imidazole rings is 1. The van der Waals surface area contributed by atoms with Crippen molar-refractivity contribution in [2.75, 3.05) is 25.0 Å². The van der Waals surface area contributed by atoms with Crippen molar-refractivity contribution in [3.05, 3.63) is 52.1 Å². The normalized spacial score (nSPS) is 22.9. The van der Waals surface area contributed by atoms with Gasteiger partial charge in [0, 0.05) is 13.1 Å². The van der Waals surface area contributed by atoms with Gasteiger partial charge in [-0.2, -0.15) is 4.98 Å². The minimum atomic E-state index is -1.42. The second-order valence-electron chi connectivity index (χ2n) is 9.61. The van der Waals surface area contributed by atoms with Crippen LogP contribution >= 0.6 is 0 Å². The number of anilines is 1. The highest BCUT2D eigenvalue weighted by Crippen LogP contribution is 2.31. The molecular weight excluding hydrogens is 498 g/mol. The quantitative estimate of drug-likeness (QED) is 0.233. The smallest absolute Gasteiger partial charge is 0.280 e. The third-order valence-electron chi connectivity index (χ3n) is 6.40. The van der Waals surface area contributed by atoms with E-state index in [0.29, 0.717) is 12.5 Å². The Kier molecular flexibility index (Phi) is 6.69. The van der Waals surface area contributed by atoms with Crippen LogP contribution in [-0.2, 0) is 9.53 Å². The third-order valence-corrected chi connectivity index (χ3v) is 6.40. The molecule has 3 amide bonds. The van der Waals surface area contributed by atoms with Gasteiger partial charge >= 0.3 is 0 Å². The molecule has 2 aromatic heterocycles. The number of carbonyl (C=O) groups excluding carboxylic acids is 3. The van der Waals surface area contributed by atoms with Crippen molar-refractivity contribution >= 4 is 34.8 Å². The summed E-state index contributed by atoms with van der Waals surface area (Å²) in [5, 5.41) is 26.8. The molecule has 5 rings (SSSR count). The first kappa shape index (κ1) is 25.5. The summed E-state index contributed by atoms with van der Waals surface area (Å²) < 4.78 is 7.16. The Hall–Kier alpha value is -4.14. The number of nitrogens with zero attached hydrogens (tertiary/aromatic N) is 4. The number of nitrogens with one attached hydrogen (secondary N) is 3. The number of aromatic nitrogens is 4. The van der Waals surface area contributed by atoms with Crippen LogP contribution in [0.3, 0.4) is 0 Å². The molecule has 0 bridgehead atoms. The van der Waals surface area contributed by atoms with E-state index in [1.54, 1.807) is 12.1 Å². The van der Waals surface area contributed by atoms with Crippen molar-refractivity contribution in [1.29, 1.82) is 0 Å². The first-order valence-electron chi connectivity index (χ1n) is 12.1. The molecule has 1 aromatic carbocycles.